The van der Waals surface area contributed by atoms with Gasteiger partial charge in [-0.1, -0.05) is 6.07 Å². The van der Waals surface area contributed by atoms with Crippen molar-refractivity contribution in [3.05, 3.63) is 53.6 Å². The molecule has 0 bridgehead atoms. The summed E-state index contributed by atoms with van der Waals surface area (Å²) in [6.45, 7) is 1.85. The molecule has 0 radical (unpaired) electrons. The van der Waals surface area contributed by atoms with Gasteiger partial charge >= 0.3 is 5.97 Å². The zero-order chi connectivity index (χ0) is 13.1. The minimum atomic E-state index is -1.08. The Morgan fingerprint density at radius 2 is 2.11 bits per heavy atom. The third-order valence-electron chi connectivity index (χ3n) is 2.46. The topological polar surface area (TPSA) is 62.2 Å². The van der Waals surface area contributed by atoms with Crippen LogP contribution in [-0.2, 0) is 0 Å². The first-order valence-electron chi connectivity index (χ1n) is 5.29. The monoisotopic (exact) mass is 246 g/mol. The van der Waals surface area contributed by atoms with Crippen LogP contribution in [-0.4, -0.2) is 16.1 Å². The van der Waals surface area contributed by atoms with Gasteiger partial charge in [-0.15, -0.1) is 0 Å². The summed E-state index contributed by atoms with van der Waals surface area (Å²) in [5.74, 6) is -1.42. The fourth-order valence-electron chi connectivity index (χ4n) is 1.48. The smallest absolute Gasteiger partial charge is 0.354 e. The van der Waals surface area contributed by atoms with Crippen LogP contribution < -0.4 is 5.32 Å². The molecule has 0 saturated carbocycles. The number of hydrogen-bond donors (Lipinski definition) is 2. The summed E-state index contributed by atoms with van der Waals surface area (Å²) >= 11 is 0. The van der Waals surface area contributed by atoms with Crippen LogP contribution >= 0.6 is 0 Å². The molecule has 92 valence electrons. The molecule has 5 heteroatoms. The maximum Gasteiger partial charge on any atom is 0.354 e. The molecular formula is C13H11FN2O2. The van der Waals surface area contributed by atoms with Crippen molar-refractivity contribution in [3.8, 4) is 0 Å². The van der Waals surface area contributed by atoms with Gasteiger partial charge in [0.2, 0.25) is 0 Å². The van der Waals surface area contributed by atoms with Crippen molar-refractivity contribution in [1.82, 2.24) is 4.98 Å². The molecule has 0 atom stereocenters. The molecule has 2 rings (SSSR count). The van der Waals surface area contributed by atoms with Gasteiger partial charge in [0.1, 0.15) is 11.5 Å². The number of aromatic carboxylic acids is 1. The first kappa shape index (κ1) is 12.0. The number of benzene rings is 1. The maximum atomic E-state index is 13.1. The van der Waals surface area contributed by atoms with E-state index in [1.165, 1.54) is 24.4 Å². The Morgan fingerprint density at radius 1 is 1.33 bits per heavy atom. The van der Waals surface area contributed by atoms with Crippen molar-refractivity contribution in [3.63, 3.8) is 0 Å². The SMILES string of the molecule is Cc1ccc(F)cc1Nc1ccc(C(=O)O)nc1. The molecule has 0 spiro atoms. The van der Waals surface area contributed by atoms with Crippen molar-refractivity contribution >= 4 is 17.3 Å². The molecule has 2 N–H and O–H groups in total. The average molecular weight is 246 g/mol. The maximum absolute atomic E-state index is 13.1. The van der Waals surface area contributed by atoms with E-state index in [2.05, 4.69) is 10.3 Å². The Labute approximate surface area is 103 Å². The number of nitrogens with zero attached hydrogens (tertiary/aromatic N) is 1. The Hall–Kier alpha value is -2.43. The van der Waals surface area contributed by atoms with Gasteiger partial charge in [0.25, 0.3) is 0 Å². The van der Waals surface area contributed by atoms with E-state index in [0.717, 1.165) is 5.56 Å². The van der Waals surface area contributed by atoms with Crippen LogP contribution in [0.3, 0.4) is 0 Å². The lowest BCUT2D eigenvalue weighted by Crippen LogP contribution is -2.01. The van der Waals surface area contributed by atoms with Gasteiger partial charge in [-0.3, -0.25) is 0 Å². The Balaban J connectivity index is 2.23. The summed E-state index contributed by atoms with van der Waals surface area (Å²) in [6.07, 6.45) is 1.40. The first-order chi connectivity index (χ1) is 8.56. The number of anilines is 2. The van der Waals surface area contributed by atoms with Gasteiger partial charge in [0, 0.05) is 5.69 Å². The number of nitrogens with one attached hydrogen (secondary N) is 1. The minimum Gasteiger partial charge on any atom is -0.477 e. The molecule has 0 unspecified atom stereocenters. The molecule has 0 aliphatic carbocycles. The molecule has 4 nitrogen and oxygen atoms in total. The minimum absolute atomic E-state index is 0.0310. The zero-order valence-corrected chi connectivity index (χ0v) is 9.64. The molecular weight excluding hydrogens is 235 g/mol. The second-order valence-electron chi connectivity index (χ2n) is 3.82. The lowest BCUT2D eigenvalue weighted by atomic mass is 10.2. The highest BCUT2D eigenvalue weighted by Gasteiger charge is 2.05. The molecule has 1 aromatic carbocycles. The van der Waals surface area contributed by atoms with Gasteiger partial charge < -0.3 is 10.4 Å². The van der Waals surface area contributed by atoms with Crippen LogP contribution in [0.15, 0.2) is 36.5 Å². The summed E-state index contributed by atoms with van der Waals surface area (Å²) in [6, 6.07) is 7.39. The lowest BCUT2D eigenvalue weighted by Gasteiger charge is -2.09. The molecule has 2 aromatic rings. The third-order valence-corrected chi connectivity index (χ3v) is 2.46. The molecule has 0 saturated heterocycles. The van der Waals surface area contributed by atoms with E-state index < -0.39 is 5.97 Å². The van der Waals surface area contributed by atoms with Crippen LogP contribution in [0, 0.1) is 12.7 Å². The fraction of sp³-hybridized carbons (Fsp3) is 0.0769. The predicted octanol–water partition coefficient (Wildman–Crippen LogP) is 2.97. The second kappa shape index (κ2) is 4.83. The van der Waals surface area contributed by atoms with Crippen molar-refractivity contribution in [2.45, 2.75) is 6.92 Å². The molecule has 1 aromatic heterocycles. The lowest BCUT2D eigenvalue weighted by molar-refractivity contribution is 0.0690. The van der Waals surface area contributed by atoms with Gasteiger partial charge in [0.15, 0.2) is 0 Å². The molecule has 0 aliphatic rings. The number of hydrogen-bond acceptors (Lipinski definition) is 3. The average Bonchev–Trinajstić information content (AvgIpc) is 2.34. The second-order valence-corrected chi connectivity index (χ2v) is 3.82. The number of rotatable bonds is 3. The number of aromatic nitrogens is 1. The molecule has 18 heavy (non-hydrogen) atoms. The number of carbonyl (C=O) groups is 1. The summed E-state index contributed by atoms with van der Waals surface area (Å²) in [5.41, 5.74) is 2.09. The van der Waals surface area contributed by atoms with Gasteiger partial charge in [-0.25, -0.2) is 14.2 Å². The van der Waals surface area contributed by atoms with E-state index in [4.69, 9.17) is 5.11 Å². The molecule has 1 heterocycles. The van der Waals surface area contributed by atoms with Gasteiger partial charge in [0.05, 0.1) is 11.9 Å². The van der Waals surface area contributed by atoms with Crippen molar-refractivity contribution in [2.75, 3.05) is 5.32 Å². The van der Waals surface area contributed by atoms with Gasteiger partial charge in [-0.05, 0) is 36.8 Å². The normalized spacial score (nSPS) is 10.1. The Morgan fingerprint density at radius 3 is 2.72 bits per heavy atom. The van der Waals surface area contributed by atoms with Gasteiger partial charge in [-0.2, -0.15) is 0 Å². The van der Waals surface area contributed by atoms with Crippen molar-refractivity contribution in [1.29, 1.82) is 0 Å². The van der Waals surface area contributed by atoms with Crippen molar-refractivity contribution in [2.24, 2.45) is 0 Å². The van der Waals surface area contributed by atoms with E-state index in [1.54, 1.807) is 12.1 Å². The van der Waals surface area contributed by atoms with Crippen LogP contribution in [0.4, 0.5) is 15.8 Å². The standard InChI is InChI=1S/C13H11FN2O2/c1-8-2-3-9(14)6-12(8)16-10-4-5-11(13(17)18)15-7-10/h2-7,16H,1H3,(H,17,18). The highest BCUT2D eigenvalue weighted by atomic mass is 19.1. The summed E-state index contributed by atoms with van der Waals surface area (Å²) in [7, 11) is 0. The molecule has 0 amide bonds. The van der Waals surface area contributed by atoms with Crippen molar-refractivity contribution < 1.29 is 14.3 Å². The summed E-state index contributed by atoms with van der Waals surface area (Å²) in [4.78, 5) is 14.4. The largest absolute Gasteiger partial charge is 0.477 e. The summed E-state index contributed by atoms with van der Waals surface area (Å²) in [5, 5.41) is 11.7. The third kappa shape index (κ3) is 2.63. The number of pyridine rings is 1. The Bertz CT molecular complexity index is 582. The number of carboxylic acids is 1. The van der Waals surface area contributed by atoms with Crippen LogP contribution in [0.5, 0.6) is 0 Å². The number of halogens is 1. The van der Waals surface area contributed by atoms with E-state index in [1.807, 2.05) is 6.92 Å². The Kier molecular flexibility index (Phi) is 3.23. The highest BCUT2D eigenvalue weighted by molar-refractivity contribution is 5.85. The van der Waals surface area contributed by atoms with E-state index >= 15 is 0 Å². The van der Waals surface area contributed by atoms with Crippen LogP contribution in [0.1, 0.15) is 16.1 Å². The first-order valence-corrected chi connectivity index (χ1v) is 5.29. The predicted molar refractivity (Wildman–Crippen MR) is 65.6 cm³/mol. The zero-order valence-electron chi connectivity index (χ0n) is 9.64. The molecule has 0 aliphatic heterocycles. The van der Waals surface area contributed by atoms with E-state index in [-0.39, 0.29) is 11.5 Å². The van der Waals surface area contributed by atoms with E-state index in [9.17, 15) is 9.18 Å². The van der Waals surface area contributed by atoms with E-state index in [0.29, 0.717) is 11.4 Å². The number of carboxylic acid groups (broad SMARTS) is 1. The van der Waals surface area contributed by atoms with Crippen LogP contribution in [0.25, 0.3) is 0 Å². The fourth-order valence-corrected chi connectivity index (χ4v) is 1.48. The highest BCUT2D eigenvalue weighted by Crippen LogP contribution is 2.21. The number of aryl methyl sites for hydroxylation is 1. The quantitative estimate of drug-likeness (QED) is 0.874. The van der Waals surface area contributed by atoms with Crippen LogP contribution in [0.2, 0.25) is 0 Å². The molecule has 0 fully saturated rings. The summed E-state index contributed by atoms with van der Waals surface area (Å²) < 4.78 is 13.1.